The molecule has 2 aliphatic carbocycles. The number of allylic oxidation sites excluding steroid dienone is 2. The summed E-state index contributed by atoms with van der Waals surface area (Å²) < 4.78 is 0. The van der Waals surface area contributed by atoms with Crippen LogP contribution in [0.25, 0.3) is 12.2 Å². The minimum absolute atomic E-state index is 0. The molecule has 0 fully saturated rings. The second-order valence-electron chi connectivity index (χ2n) is 6.10. The molecule has 0 saturated heterocycles. The first kappa shape index (κ1) is 15.6. The molecule has 4 rings (SSSR count). The Bertz CT molecular complexity index is 714. The third-order valence-electron chi connectivity index (χ3n) is 4.45. The summed E-state index contributed by atoms with van der Waals surface area (Å²) in [5, 5.41) is 0. The molecular weight excluding hydrogens is 275 g/mol. The van der Waals surface area contributed by atoms with Gasteiger partial charge in [-0.05, 0) is 47.2 Å². The van der Waals surface area contributed by atoms with Gasteiger partial charge in [0.15, 0.2) is 0 Å². The van der Waals surface area contributed by atoms with Crippen molar-refractivity contribution in [3.63, 3.8) is 0 Å². The van der Waals surface area contributed by atoms with Crippen molar-refractivity contribution in [1.29, 1.82) is 0 Å². The smallest absolute Gasteiger partial charge is 1.00 e. The minimum Gasteiger partial charge on any atom is -1.00 e. The summed E-state index contributed by atoms with van der Waals surface area (Å²) in [6.45, 7) is 4.37. The molecule has 2 aliphatic rings. The first-order valence-corrected chi connectivity index (χ1v) is 8.70. The number of benzene rings is 2. The molecule has 0 heterocycles. The van der Waals surface area contributed by atoms with Crippen molar-refractivity contribution in [3.8, 4) is 0 Å². The number of hydrogen-bond acceptors (Lipinski definition) is 0. The normalized spacial score (nSPS) is 20.6. The van der Waals surface area contributed by atoms with Gasteiger partial charge >= 0.3 is 18.9 Å². The van der Waals surface area contributed by atoms with Crippen LogP contribution in [0.15, 0.2) is 48.6 Å². The summed E-state index contributed by atoms with van der Waals surface area (Å²) in [5.74, 6) is 0. The van der Waals surface area contributed by atoms with Crippen molar-refractivity contribution in [2.24, 2.45) is 0 Å². The summed E-state index contributed by atoms with van der Waals surface area (Å²) in [7, 11) is 0.893. The average molecular weight is 294 g/mol. The van der Waals surface area contributed by atoms with Crippen LogP contribution in [0.3, 0.4) is 0 Å². The molecule has 0 bridgehead atoms. The molecule has 0 N–H and O–H groups in total. The second-order valence-corrected chi connectivity index (χ2v) is 7.68. The van der Waals surface area contributed by atoms with Gasteiger partial charge in [-0.25, -0.2) is 0 Å². The maximum absolute atomic E-state index is 2.39. The number of rotatable bonds is 2. The van der Waals surface area contributed by atoms with Crippen LogP contribution in [0.4, 0.5) is 0 Å². The third kappa shape index (κ3) is 2.70. The van der Waals surface area contributed by atoms with Gasteiger partial charge in [0, 0.05) is 0 Å². The first-order chi connectivity index (χ1) is 10.2. The fourth-order valence-corrected chi connectivity index (χ4v) is 4.98. The predicted octanol–water partition coefficient (Wildman–Crippen LogP) is 1.96. The molecule has 0 aliphatic heterocycles. The fraction of sp³-hybridized carbons (Fsp3) is 0.200. The summed E-state index contributed by atoms with van der Waals surface area (Å²) in [6, 6.07) is 13.7. The summed E-state index contributed by atoms with van der Waals surface area (Å²) in [4.78, 5) is 0. The quantitative estimate of drug-likeness (QED) is 0.743. The largest absolute Gasteiger partial charge is 1.00 e. The van der Waals surface area contributed by atoms with Crippen molar-refractivity contribution < 1.29 is 20.3 Å². The standard InChI is InChI=1S/C20H18Si.Li.H/c1-13-3-5-15-7-9-19(17(15)11-13)21-20-10-8-16-6-4-14(2)12-18(16)20;;/h3-12,19-20H,1-2H3;;/q;+1;-1. The maximum Gasteiger partial charge on any atom is 1.00 e. The first-order valence-electron chi connectivity index (χ1n) is 7.54. The van der Waals surface area contributed by atoms with Gasteiger partial charge in [-0.15, -0.1) is 0 Å². The van der Waals surface area contributed by atoms with E-state index in [1.165, 1.54) is 33.4 Å². The van der Waals surface area contributed by atoms with E-state index in [4.69, 9.17) is 0 Å². The number of aryl methyl sites for hydroxylation is 2. The number of fused-ring (bicyclic) bond motifs is 2. The van der Waals surface area contributed by atoms with Gasteiger partial charge < -0.3 is 1.43 Å². The van der Waals surface area contributed by atoms with Gasteiger partial charge in [-0.2, -0.15) is 0 Å². The van der Waals surface area contributed by atoms with E-state index < -0.39 is 0 Å². The van der Waals surface area contributed by atoms with Gasteiger partial charge in [0.1, 0.15) is 0 Å². The van der Waals surface area contributed by atoms with Crippen molar-refractivity contribution in [3.05, 3.63) is 81.9 Å². The van der Waals surface area contributed by atoms with Gasteiger partial charge in [-0.3, -0.25) is 0 Å². The molecule has 2 aromatic rings. The SMILES string of the molecule is Cc1ccc2c(c1)C([Si]C1C=Cc3ccc(C)cc31)C=C2.[H-].[Li+]. The molecular formula is C20H19LiSi. The third-order valence-corrected chi connectivity index (χ3v) is 6.18. The van der Waals surface area contributed by atoms with Crippen LogP contribution < -0.4 is 18.9 Å². The number of hydrogen-bond donors (Lipinski definition) is 0. The van der Waals surface area contributed by atoms with E-state index in [1.54, 1.807) is 0 Å². The van der Waals surface area contributed by atoms with E-state index >= 15 is 0 Å². The molecule has 0 amide bonds. The van der Waals surface area contributed by atoms with Crippen LogP contribution in [0.2, 0.25) is 0 Å². The minimum atomic E-state index is 0. The molecule has 0 spiro atoms. The molecule has 22 heavy (non-hydrogen) atoms. The Morgan fingerprint density at radius 3 is 1.68 bits per heavy atom. The Hall–Kier alpha value is -1.27. The van der Waals surface area contributed by atoms with E-state index in [0.717, 1.165) is 9.52 Å². The molecule has 2 radical (unpaired) electrons. The molecule has 2 unspecified atom stereocenters. The Labute approximate surface area is 148 Å². The van der Waals surface area contributed by atoms with E-state index in [-0.39, 0.29) is 20.3 Å². The predicted molar refractivity (Wildman–Crippen MR) is 92.8 cm³/mol. The second kappa shape index (κ2) is 6.09. The topological polar surface area (TPSA) is 0 Å². The maximum atomic E-state index is 2.39. The molecule has 2 aromatic carbocycles. The van der Waals surface area contributed by atoms with Crippen molar-refractivity contribution in [2.75, 3.05) is 0 Å². The zero-order valence-corrected chi connectivity index (χ0v) is 14.4. The monoisotopic (exact) mass is 294 g/mol. The van der Waals surface area contributed by atoms with Gasteiger partial charge in [0.25, 0.3) is 0 Å². The van der Waals surface area contributed by atoms with E-state index in [9.17, 15) is 0 Å². The zero-order valence-electron chi connectivity index (χ0n) is 14.4. The Morgan fingerprint density at radius 2 is 1.23 bits per heavy atom. The fourth-order valence-electron chi connectivity index (χ4n) is 3.32. The molecule has 0 saturated carbocycles. The Morgan fingerprint density at radius 1 is 0.773 bits per heavy atom. The average Bonchev–Trinajstić information content (AvgIpc) is 3.04. The van der Waals surface area contributed by atoms with Crippen LogP contribution in [-0.4, -0.2) is 9.52 Å². The van der Waals surface area contributed by atoms with E-state index in [0.29, 0.717) is 11.1 Å². The van der Waals surface area contributed by atoms with Crippen molar-refractivity contribution in [2.45, 2.75) is 24.9 Å². The van der Waals surface area contributed by atoms with Crippen LogP contribution in [-0.2, 0) is 0 Å². The van der Waals surface area contributed by atoms with Gasteiger partial charge in [-0.1, -0.05) is 71.8 Å². The van der Waals surface area contributed by atoms with E-state index in [1.807, 2.05) is 0 Å². The molecule has 104 valence electrons. The molecule has 0 aromatic heterocycles. The van der Waals surface area contributed by atoms with E-state index in [2.05, 4.69) is 74.5 Å². The Balaban J connectivity index is 0.000000960. The van der Waals surface area contributed by atoms with Gasteiger partial charge in [0.2, 0.25) is 0 Å². The van der Waals surface area contributed by atoms with Crippen molar-refractivity contribution >= 4 is 21.7 Å². The van der Waals surface area contributed by atoms with Crippen LogP contribution >= 0.6 is 0 Å². The molecule has 2 heteroatoms. The molecule has 2 atom stereocenters. The summed E-state index contributed by atoms with van der Waals surface area (Å²) in [6.07, 6.45) is 9.37. The van der Waals surface area contributed by atoms with Crippen LogP contribution in [0, 0.1) is 13.8 Å². The van der Waals surface area contributed by atoms with Crippen LogP contribution in [0.1, 0.15) is 45.9 Å². The van der Waals surface area contributed by atoms with Crippen LogP contribution in [0.5, 0.6) is 0 Å². The zero-order chi connectivity index (χ0) is 14.4. The van der Waals surface area contributed by atoms with Gasteiger partial charge in [0.05, 0.1) is 9.52 Å². The summed E-state index contributed by atoms with van der Waals surface area (Å²) >= 11 is 0. The van der Waals surface area contributed by atoms with Crippen molar-refractivity contribution in [1.82, 2.24) is 0 Å². The Kier molecular flexibility index (Phi) is 4.32. The molecule has 0 nitrogen and oxygen atoms in total. The summed E-state index contributed by atoms with van der Waals surface area (Å²) in [5.41, 5.74) is 9.75.